The molecule has 0 fully saturated rings. The summed E-state index contributed by atoms with van der Waals surface area (Å²) in [6.45, 7) is 1.92. The maximum absolute atomic E-state index is 10.7. The Morgan fingerprint density at radius 1 is 1.42 bits per heavy atom. The molecule has 0 rings (SSSR count). The summed E-state index contributed by atoms with van der Waals surface area (Å²) in [5, 5.41) is 25.8. The Morgan fingerprint density at radius 2 is 1.75 bits per heavy atom. The number of hydrogen-bond donors (Lipinski definition) is 3. The third-order valence-corrected chi connectivity index (χ3v) is 1.28. The SMILES string of the molecule is CC(O)C(=O)C(C)(O)C(=O)O.[Zn]. The van der Waals surface area contributed by atoms with Crippen molar-refractivity contribution >= 4 is 11.8 Å². The summed E-state index contributed by atoms with van der Waals surface area (Å²) in [5.41, 5.74) is -2.49. The molecule has 0 amide bonds. The summed E-state index contributed by atoms with van der Waals surface area (Å²) in [4.78, 5) is 20.9. The third-order valence-electron chi connectivity index (χ3n) is 1.28. The Kier molecular flexibility index (Phi) is 5.51. The van der Waals surface area contributed by atoms with E-state index in [2.05, 4.69) is 0 Å². The zero-order valence-corrected chi connectivity index (χ0v) is 9.91. The monoisotopic (exact) mass is 226 g/mol. The van der Waals surface area contributed by atoms with E-state index in [1.807, 2.05) is 0 Å². The molecule has 3 N–H and O–H groups in total. The Labute approximate surface area is 82.2 Å². The maximum Gasteiger partial charge on any atom is 0.343 e. The zero-order chi connectivity index (χ0) is 9.23. The fourth-order valence-corrected chi connectivity index (χ4v) is 0.512. The molecule has 0 saturated carbocycles. The van der Waals surface area contributed by atoms with Crippen LogP contribution in [-0.4, -0.2) is 38.8 Å². The standard InChI is InChI=1S/C6H10O5.Zn/c1-3(7)4(8)6(2,11)5(9)10;/h3,7,11H,1-2H3,(H,9,10);. The van der Waals surface area contributed by atoms with Gasteiger partial charge in [0.2, 0.25) is 11.4 Å². The van der Waals surface area contributed by atoms with E-state index < -0.39 is 23.5 Å². The number of aliphatic hydroxyl groups is 2. The number of carboxylic acids is 1. The number of hydrogen-bond acceptors (Lipinski definition) is 4. The molecule has 0 aliphatic rings. The van der Waals surface area contributed by atoms with Gasteiger partial charge in [0, 0.05) is 19.5 Å². The minimum absolute atomic E-state index is 0. The van der Waals surface area contributed by atoms with Crippen LogP contribution in [-0.2, 0) is 29.1 Å². The van der Waals surface area contributed by atoms with Crippen molar-refractivity contribution in [2.45, 2.75) is 25.6 Å². The summed E-state index contributed by atoms with van der Waals surface area (Å²) < 4.78 is 0. The second kappa shape index (κ2) is 4.65. The number of rotatable bonds is 3. The molecule has 6 heteroatoms. The fourth-order valence-electron chi connectivity index (χ4n) is 0.512. The molecule has 0 aliphatic heterocycles. The summed E-state index contributed by atoms with van der Waals surface area (Å²) in [6.07, 6.45) is -1.47. The van der Waals surface area contributed by atoms with Crippen molar-refractivity contribution in [3.63, 3.8) is 0 Å². The van der Waals surface area contributed by atoms with Gasteiger partial charge < -0.3 is 15.3 Å². The fraction of sp³-hybridized carbons (Fsp3) is 0.667. The number of aliphatic carboxylic acids is 1. The van der Waals surface area contributed by atoms with E-state index in [1.165, 1.54) is 0 Å². The maximum atomic E-state index is 10.7. The van der Waals surface area contributed by atoms with Gasteiger partial charge in [-0.15, -0.1) is 0 Å². The van der Waals surface area contributed by atoms with E-state index in [-0.39, 0.29) is 19.5 Å². The number of carbonyl (C=O) groups excluding carboxylic acids is 1. The molecular weight excluding hydrogens is 217 g/mol. The van der Waals surface area contributed by atoms with Crippen molar-refractivity contribution in [3.05, 3.63) is 0 Å². The molecule has 0 bridgehead atoms. The van der Waals surface area contributed by atoms with E-state index in [0.29, 0.717) is 0 Å². The van der Waals surface area contributed by atoms with Crippen molar-refractivity contribution < 1.29 is 44.4 Å². The van der Waals surface area contributed by atoms with Gasteiger partial charge in [-0.3, -0.25) is 4.79 Å². The molecule has 0 aromatic carbocycles. The van der Waals surface area contributed by atoms with Crippen molar-refractivity contribution in [1.29, 1.82) is 0 Å². The van der Waals surface area contributed by atoms with Gasteiger partial charge in [-0.1, -0.05) is 0 Å². The third kappa shape index (κ3) is 2.97. The first-order valence-electron chi connectivity index (χ1n) is 2.98. The predicted molar refractivity (Wildman–Crippen MR) is 34.9 cm³/mol. The van der Waals surface area contributed by atoms with Crippen molar-refractivity contribution in [3.8, 4) is 0 Å². The van der Waals surface area contributed by atoms with Crippen molar-refractivity contribution in [1.82, 2.24) is 0 Å². The summed E-state index contributed by atoms with van der Waals surface area (Å²) in [5.74, 6) is -2.78. The van der Waals surface area contributed by atoms with Crippen molar-refractivity contribution in [2.24, 2.45) is 0 Å². The number of Topliss-reactive ketones (excluding diaryl/α,β-unsaturated/α-hetero) is 1. The molecule has 0 aromatic rings. The smallest absolute Gasteiger partial charge is 0.343 e. The number of carbonyl (C=O) groups is 2. The van der Waals surface area contributed by atoms with Crippen LogP contribution in [0.25, 0.3) is 0 Å². The summed E-state index contributed by atoms with van der Waals surface area (Å²) in [6, 6.07) is 0. The second-order valence-electron chi connectivity index (χ2n) is 2.42. The Hall–Kier alpha value is -0.317. The van der Waals surface area contributed by atoms with Crippen LogP contribution in [0.1, 0.15) is 13.8 Å². The van der Waals surface area contributed by atoms with Gasteiger partial charge in [0.15, 0.2) is 0 Å². The number of aliphatic hydroxyl groups excluding tert-OH is 1. The molecule has 0 heterocycles. The minimum Gasteiger partial charge on any atom is -0.479 e. The average Bonchev–Trinajstić information content (AvgIpc) is 1.85. The first-order chi connectivity index (χ1) is 4.80. The van der Waals surface area contributed by atoms with Crippen LogP contribution in [0.15, 0.2) is 0 Å². The van der Waals surface area contributed by atoms with E-state index in [9.17, 15) is 9.59 Å². The molecule has 0 aliphatic carbocycles. The molecule has 0 aromatic heterocycles. The van der Waals surface area contributed by atoms with Gasteiger partial charge in [0.25, 0.3) is 0 Å². The van der Waals surface area contributed by atoms with E-state index >= 15 is 0 Å². The quantitative estimate of drug-likeness (QED) is 0.415. The molecule has 0 spiro atoms. The van der Waals surface area contributed by atoms with Gasteiger partial charge in [-0.25, -0.2) is 4.79 Å². The van der Waals surface area contributed by atoms with Gasteiger partial charge in [-0.2, -0.15) is 0 Å². The molecule has 5 nitrogen and oxygen atoms in total. The van der Waals surface area contributed by atoms with E-state index in [0.717, 1.165) is 13.8 Å². The average molecular weight is 228 g/mol. The first-order valence-corrected chi connectivity index (χ1v) is 2.98. The first kappa shape index (κ1) is 14.2. The molecule has 2 atom stereocenters. The van der Waals surface area contributed by atoms with Crippen LogP contribution in [0.2, 0.25) is 0 Å². The summed E-state index contributed by atoms with van der Waals surface area (Å²) >= 11 is 0. The van der Waals surface area contributed by atoms with Crippen LogP contribution < -0.4 is 0 Å². The van der Waals surface area contributed by atoms with Gasteiger partial charge in [-0.05, 0) is 13.8 Å². The minimum atomic E-state index is -2.49. The van der Waals surface area contributed by atoms with Crippen LogP contribution in [0.4, 0.5) is 0 Å². The van der Waals surface area contributed by atoms with Crippen molar-refractivity contribution in [2.75, 3.05) is 0 Å². The van der Waals surface area contributed by atoms with Crippen LogP contribution in [0, 0.1) is 0 Å². The Bertz CT molecular complexity index is 186. The normalized spacial score (nSPS) is 17.0. The second-order valence-corrected chi connectivity index (χ2v) is 2.42. The molecule has 2 unspecified atom stereocenters. The molecular formula is C6H10O5Zn. The largest absolute Gasteiger partial charge is 0.479 e. The van der Waals surface area contributed by atoms with Gasteiger partial charge in [0.1, 0.15) is 6.10 Å². The topological polar surface area (TPSA) is 94.8 Å². The van der Waals surface area contributed by atoms with Crippen LogP contribution in [0.3, 0.4) is 0 Å². The number of ketones is 1. The van der Waals surface area contributed by atoms with Crippen LogP contribution in [0.5, 0.6) is 0 Å². The molecule has 12 heavy (non-hydrogen) atoms. The van der Waals surface area contributed by atoms with Crippen LogP contribution >= 0.6 is 0 Å². The molecule has 0 saturated heterocycles. The van der Waals surface area contributed by atoms with E-state index in [4.69, 9.17) is 15.3 Å². The van der Waals surface area contributed by atoms with Gasteiger partial charge >= 0.3 is 5.97 Å². The molecule has 0 radical (unpaired) electrons. The van der Waals surface area contributed by atoms with E-state index in [1.54, 1.807) is 0 Å². The molecule has 66 valence electrons. The predicted octanol–water partition coefficient (Wildman–Crippen LogP) is -1.23. The Balaban J connectivity index is 0. The van der Waals surface area contributed by atoms with Gasteiger partial charge in [0.05, 0.1) is 0 Å². The number of carboxylic acid groups (broad SMARTS) is 1. The Morgan fingerprint density at radius 3 is 1.83 bits per heavy atom. The zero-order valence-electron chi connectivity index (χ0n) is 6.94. The summed E-state index contributed by atoms with van der Waals surface area (Å²) in [7, 11) is 0.